The van der Waals surface area contributed by atoms with Gasteiger partial charge in [0, 0.05) is 17.8 Å². The number of rotatable bonds is 6. The molecule has 0 spiro atoms. The fourth-order valence-electron chi connectivity index (χ4n) is 3.22. The van der Waals surface area contributed by atoms with Crippen molar-refractivity contribution < 1.29 is 26.4 Å². The van der Waals surface area contributed by atoms with E-state index in [1.165, 1.54) is 36.4 Å². The highest BCUT2D eigenvalue weighted by molar-refractivity contribution is 7.92. The molecule has 0 unspecified atom stereocenters. The fraction of sp³-hybridized carbons (Fsp3) is 0.286. The third-order valence-corrected chi connectivity index (χ3v) is 6.16. The summed E-state index contributed by atoms with van der Waals surface area (Å²) in [5.74, 6) is -0.204. The van der Waals surface area contributed by atoms with Gasteiger partial charge in [-0.1, -0.05) is 31.0 Å². The van der Waals surface area contributed by atoms with Crippen LogP contribution in [0.1, 0.15) is 36.8 Å². The average Bonchev–Trinajstić information content (AvgIpc) is 3.19. The fourth-order valence-corrected chi connectivity index (χ4v) is 4.27. The molecule has 0 saturated heterocycles. The molecule has 1 aliphatic rings. The van der Waals surface area contributed by atoms with E-state index in [1.807, 2.05) is 0 Å². The quantitative estimate of drug-likeness (QED) is 0.649. The first-order valence-corrected chi connectivity index (χ1v) is 10.9. The Morgan fingerprint density at radius 2 is 1.70 bits per heavy atom. The maximum absolute atomic E-state index is 12.8. The van der Waals surface area contributed by atoms with Gasteiger partial charge in [0.05, 0.1) is 10.5 Å². The SMILES string of the molecule is O=C(/C=C/c1ccc(S(=O)(=O)Nc2cccc(C(F)(F)F)c2)cc1)NC1CCCC1. The van der Waals surface area contributed by atoms with Gasteiger partial charge in [-0.2, -0.15) is 13.2 Å². The molecule has 30 heavy (non-hydrogen) atoms. The summed E-state index contributed by atoms with van der Waals surface area (Å²) >= 11 is 0. The summed E-state index contributed by atoms with van der Waals surface area (Å²) in [5.41, 5.74) is -0.508. The van der Waals surface area contributed by atoms with E-state index in [0.717, 1.165) is 43.9 Å². The predicted molar refractivity (Wildman–Crippen MR) is 108 cm³/mol. The molecular weight excluding hydrogens is 417 g/mol. The van der Waals surface area contributed by atoms with Crippen LogP contribution >= 0.6 is 0 Å². The van der Waals surface area contributed by atoms with E-state index in [1.54, 1.807) is 6.08 Å². The number of alkyl halides is 3. The van der Waals surface area contributed by atoms with Crippen LogP contribution in [0.4, 0.5) is 18.9 Å². The lowest BCUT2D eigenvalue weighted by molar-refractivity contribution is -0.137. The monoisotopic (exact) mass is 438 g/mol. The van der Waals surface area contributed by atoms with E-state index in [4.69, 9.17) is 0 Å². The van der Waals surface area contributed by atoms with Crippen molar-refractivity contribution in [2.45, 2.75) is 42.8 Å². The number of hydrogen-bond donors (Lipinski definition) is 2. The Kier molecular flexibility index (Phi) is 6.50. The number of benzene rings is 2. The van der Waals surface area contributed by atoms with Gasteiger partial charge in [-0.3, -0.25) is 9.52 Å². The summed E-state index contributed by atoms with van der Waals surface area (Å²) < 4.78 is 65.5. The zero-order valence-electron chi connectivity index (χ0n) is 15.9. The third kappa shape index (κ3) is 5.85. The standard InChI is InChI=1S/C21H21F3N2O3S/c22-21(23,24)16-4-3-7-18(14-16)26-30(28,29)19-11-8-15(9-12-19)10-13-20(27)25-17-5-1-2-6-17/h3-4,7-14,17,26H,1-2,5-6H2,(H,25,27)/b13-10+. The number of anilines is 1. The molecule has 0 aromatic heterocycles. The molecule has 2 N–H and O–H groups in total. The second-order valence-corrected chi connectivity index (χ2v) is 8.76. The minimum Gasteiger partial charge on any atom is -0.350 e. The van der Waals surface area contributed by atoms with E-state index in [-0.39, 0.29) is 22.5 Å². The van der Waals surface area contributed by atoms with E-state index in [0.29, 0.717) is 5.56 Å². The summed E-state index contributed by atoms with van der Waals surface area (Å²) in [6, 6.07) is 9.85. The van der Waals surface area contributed by atoms with Crippen molar-refractivity contribution in [2.24, 2.45) is 0 Å². The number of sulfonamides is 1. The lowest BCUT2D eigenvalue weighted by Crippen LogP contribution is -2.30. The molecule has 3 rings (SSSR count). The lowest BCUT2D eigenvalue weighted by Gasteiger charge is -2.11. The molecule has 160 valence electrons. The number of halogens is 3. The zero-order valence-corrected chi connectivity index (χ0v) is 16.8. The first-order valence-electron chi connectivity index (χ1n) is 9.42. The normalized spacial score (nSPS) is 15.4. The maximum atomic E-state index is 12.8. The van der Waals surface area contributed by atoms with Gasteiger partial charge in [0.1, 0.15) is 0 Å². The Balaban J connectivity index is 1.66. The molecule has 1 fully saturated rings. The molecule has 0 atom stereocenters. The minimum atomic E-state index is -4.57. The van der Waals surface area contributed by atoms with Crippen LogP contribution in [0.2, 0.25) is 0 Å². The molecule has 0 aliphatic heterocycles. The van der Waals surface area contributed by atoms with Gasteiger partial charge < -0.3 is 5.32 Å². The van der Waals surface area contributed by atoms with Gasteiger partial charge in [0.15, 0.2) is 0 Å². The van der Waals surface area contributed by atoms with E-state index in [2.05, 4.69) is 10.0 Å². The van der Waals surface area contributed by atoms with Crippen molar-refractivity contribution in [3.05, 3.63) is 65.7 Å². The second kappa shape index (κ2) is 8.91. The topological polar surface area (TPSA) is 75.3 Å². The minimum absolute atomic E-state index is 0.104. The van der Waals surface area contributed by atoms with Gasteiger partial charge in [-0.15, -0.1) is 0 Å². The maximum Gasteiger partial charge on any atom is 0.416 e. The number of nitrogens with one attached hydrogen (secondary N) is 2. The molecule has 0 radical (unpaired) electrons. The number of carbonyl (C=O) groups excluding carboxylic acids is 1. The molecular formula is C21H21F3N2O3S. The molecule has 1 aliphatic carbocycles. The molecule has 2 aromatic rings. The first kappa shape index (κ1) is 21.9. The lowest BCUT2D eigenvalue weighted by atomic mass is 10.2. The third-order valence-electron chi connectivity index (χ3n) is 4.76. The summed E-state index contributed by atoms with van der Waals surface area (Å²) in [6.45, 7) is 0. The Hall–Kier alpha value is -2.81. The molecule has 9 heteroatoms. The van der Waals surface area contributed by atoms with Crippen LogP contribution in [0.25, 0.3) is 6.08 Å². The summed E-state index contributed by atoms with van der Waals surface area (Å²) in [6.07, 6.45) is 2.57. The van der Waals surface area contributed by atoms with Crippen molar-refractivity contribution in [1.29, 1.82) is 0 Å². The molecule has 0 heterocycles. The zero-order chi connectivity index (χ0) is 21.8. The number of amides is 1. The van der Waals surface area contributed by atoms with E-state index >= 15 is 0 Å². The summed E-state index contributed by atoms with van der Waals surface area (Å²) in [4.78, 5) is 11.8. The Labute approximate surface area is 173 Å². The Bertz CT molecular complexity index is 1030. The smallest absolute Gasteiger partial charge is 0.350 e. The first-order chi connectivity index (χ1) is 14.1. The highest BCUT2D eigenvalue weighted by Gasteiger charge is 2.30. The van der Waals surface area contributed by atoms with Gasteiger partial charge in [0.2, 0.25) is 5.91 Å². The van der Waals surface area contributed by atoms with Crippen LogP contribution in [-0.4, -0.2) is 20.4 Å². The highest BCUT2D eigenvalue weighted by atomic mass is 32.2. The largest absolute Gasteiger partial charge is 0.416 e. The van der Waals surface area contributed by atoms with Crippen LogP contribution in [0.3, 0.4) is 0 Å². The highest BCUT2D eigenvalue weighted by Crippen LogP contribution is 2.31. The summed E-state index contributed by atoms with van der Waals surface area (Å²) in [7, 11) is -4.06. The van der Waals surface area contributed by atoms with E-state index in [9.17, 15) is 26.4 Å². The van der Waals surface area contributed by atoms with Crippen molar-refractivity contribution in [2.75, 3.05) is 4.72 Å². The van der Waals surface area contributed by atoms with Crippen molar-refractivity contribution >= 4 is 27.7 Å². The Morgan fingerprint density at radius 1 is 1.03 bits per heavy atom. The molecule has 5 nitrogen and oxygen atoms in total. The van der Waals surface area contributed by atoms with Crippen LogP contribution in [0, 0.1) is 0 Å². The van der Waals surface area contributed by atoms with Crippen molar-refractivity contribution in [3.63, 3.8) is 0 Å². The van der Waals surface area contributed by atoms with Crippen molar-refractivity contribution in [3.8, 4) is 0 Å². The van der Waals surface area contributed by atoms with Crippen LogP contribution in [0.5, 0.6) is 0 Å². The number of carbonyl (C=O) groups is 1. The molecule has 1 saturated carbocycles. The van der Waals surface area contributed by atoms with Gasteiger partial charge in [0.25, 0.3) is 10.0 Å². The predicted octanol–water partition coefficient (Wildman–Crippen LogP) is 4.58. The van der Waals surface area contributed by atoms with Gasteiger partial charge in [-0.25, -0.2) is 8.42 Å². The molecule has 0 bridgehead atoms. The second-order valence-electron chi connectivity index (χ2n) is 7.08. The van der Waals surface area contributed by atoms with E-state index < -0.39 is 21.8 Å². The van der Waals surface area contributed by atoms with Gasteiger partial charge in [-0.05, 0) is 54.8 Å². The molecule has 1 amide bonds. The number of hydrogen-bond acceptors (Lipinski definition) is 3. The Morgan fingerprint density at radius 3 is 2.33 bits per heavy atom. The summed E-state index contributed by atoms with van der Waals surface area (Å²) in [5, 5.41) is 2.92. The van der Waals surface area contributed by atoms with Crippen LogP contribution < -0.4 is 10.0 Å². The average molecular weight is 438 g/mol. The van der Waals surface area contributed by atoms with Gasteiger partial charge >= 0.3 is 6.18 Å². The van der Waals surface area contributed by atoms with Crippen LogP contribution in [0.15, 0.2) is 59.5 Å². The molecule has 2 aromatic carbocycles. The van der Waals surface area contributed by atoms with Crippen molar-refractivity contribution in [1.82, 2.24) is 5.32 Å². The van der Waals surface area contributed by atoms with Crippen LogP contribution in [-0.2, 0) is 21.0 Å².